The summed E-state index contributed by atoms with van der Waals surface area (Å²) in [4.78, 5) is 0. The highest BCUT2D eigenvalue weighted by atomic mass is 79.9. The summed E-state index contributed by atoms with van der Waals surface area (Å²) in [5.41, 5.74) is 0. The third kappa shape index (κ3) is 6.05. The molecule has 3 nitrogen and oxygen atoms in total. The summed E-state index contributed by atoms with van der Waals surface area (Å²) >= 11 is 3.36. The minimum absolute atomic E-state index is 0.311. The van der Waals surface area contributed by atoms with Crippen LogP contribution in [-0.2, 0) is 0 Å². The summed E-state index contributed by atoms with van der Waals surface area (Å²) in [5, 5.41) is 13.0. The van der Waals surface area contributed by atoms with E-state index < -0.39 is 6.10 Å². The van der Waals surface area contributed by atoms with Crippen molar-refractivity contribution in [1.82, 2.24) is 5.32 Å². The highest BCUT2D eigenvalue weighted by molar-refractivity contribution is 9.10. The van der Waals surface area contributed by atoms with E-state index in [9.17, 15) is 5.11 Å². The van der Waals surface area contributed by atoms with E-state index in [2.05, 4.69) is 35.1 Å². The van der Waals surface area contributed by atoms with Gasteiger partial charge in [-0.05, 0) is 37.6 Å². The normalized spacial score (nSPS) is 14.4. The first-order valence-corrected chi connectivity index (χ1v) is 6.71. The summed E-state index contributed by atoms with van der Waals surface area (Å²) in [6.45, 7) is 5.08. The van der Waals surface area contributed by atoms with Gasteiger partial charge in [0.1, 0.15) is 18.5 Å². The number of aliphatic hydroxyl groups is 1. The molecule has 0 aliphatic carbocycles. The topological polar surface area (TPSA) is 41.5 Å². The minimum Gasteiger partial charge on any atom is -0.491 e. The fourth-order valence-electron chi connectivity index (χ4n) is 1.26. The maximum Gasteiger partial charge on any atom is 0.119 e. The summed E-state index contributed by atoms with van der Waals surface area (Å²) in [6, 6.07) is 8.01. The molecule has 0 radical (unpaired) electrons. The zero-order valence-electron chi connectivity index (χ0n) is 10.3. The zero-order valence-corrected chi connectivity index (χ0v) is 11.9. The van der Waals surface area contributed by atoms with Gasteiger partial charge in [-0.2, -0.15) is 0 Å². The number of hydrogen-bond donors (Lipinski definition) is 2. The number of rotatable bonds is 7. The van der Waals surface area contributed by atoms with E-state index in [0.717, 1.165) is 16.6 Å². The lowest BCUT2D eigenvalue weighted by molar-refractivity contribution is 0.104. The molecule has 0 saturated heterocycles. The number of ether oxygens (including phenoxy) is 1. The Kier molecular flexibility index (Phi) is 6.55. The summed E-state index contributed by atoms with van der Waals surface area (Å²) in [5.74, 6) is 0.774. The molecule has 0 heterocycles. The van der Waals surface area contributed by atoms with Gasteiger partial charge >= 0.3 is 0 Å². The third-order valence-corrected chi connectivity index (χ3v) is 3.10. The third-order valence-electron chi connectivity index (χ3n) is 2.57. The fraction of sp³-hybridized carbons (Fsp3) is 0.538. The molecule has 1 aromatic carbocycles. The van der Waals surface area contributed by atoms with Gasteiger partial charge < -0.3 is 15.2 Å². The molecule has 0 aromatic heterocycles. The largest absolute Gasteiger partial charge is 0.491 e. The predicted octanol–water partition coefficient (Wildman–Crippen LogP) is 2.58. The van der Waals surface area contributed by atoms with Gasteiger partial charge in [-0.3, -0.25) is 0 Å². The van der Waals surface area contributed by atoms with Crippen LogP contribution in [0, 0.1) is 0 Å². The number of hydrogen-bond acceptors (Lipinski definition) is 3. The molecule has 0 saturated carbocycles. The van der Waals surface area contributed by atoms with Gasteiger partial charge in [0.15, 0.2) is 0 Å². The van der Waals surface area contributed by atoms with Crippen molar-refractivity contribution in [3.63, 3.8) is 0 Å². The molecule has 2 N–H and O–H groups in total. The second-order valence-corrected chi connectivity index (χ2v) is 5.05. The van der Waals surface area contributed by atoms with Gasteiger partial charge in [0.05, 0.1) is 0 Å². The Morgan fingerprint density at radius 1 is 1.35 bits per heavy atom. The SMILES string of the molecule is CC[C@H](C)NC[C@@H](O)COc1ccc(Br)cc1. The lowest BCUT2D eigenvalue weighted by Crippen LogP contribution is -2.36. The lowest BCUT2D eigenvalue weighted by atomic mass is 10.2. The van der Waals surface area contributed by atoms with Crippen LogP contribution in [0.5, 0.6) is 5.75 Å². The van der Waals surface area contributed by atoms with Gasteiger partial charge in [-0.15, -0.1) is 0 Å². The number of nitrogens with one attached hydrogen (secondary N) is 1. The maximum absolute atomic E-state index is 9.71. The van der Waals surface area contributed by atoms with Crippen molar-refractivity contribution in [3.05, 3.63) is 28.7 Å². The van der Waals surface area contributed by atoms with Crippen molar-refractivity contribution < 1.29 is 9.84 Å². The first-order valence-electron chi connectivity index (χ1n) is 5.91. The first-order chi connectivity index (χ1) is 8.11. The first kappa shape index (κ1) is 14.5. The molecular formula is C13H20BrNO2. The van der Waals surface area contributed by atoms with Crippen molar-refractivity contribution in [2.75, 3.05) is 13.2 Å². The molecule has 96 valence electrons. The van der Waals surface area contributed by atoms with Gasteiger partial charge in [0.25, 0.3) is 0 Å². The van der Waals surface area contributed by atoms with Crippen LogP contribution < -0.4 is 10.1 Å². The summed E-state index contributed by atoms with van der Waals surface area (Å²) < 4.78 is 6.50. The zero-order chi connectivity index (χ0) is 12.7. The highest BCUT2D eigenvalue weighted by Crippen LogP contribution is 2.16. The van der Waals surface area contributed by atoms with E-state index in [1.807, 2.05) is 24.3 Å². The molecule has 0 aliphatic rings. The second kappa shape index (κ2) is 7.69. The summed E-state index contributed by atoms with van der Waals surface area (Å²) in [7, 11) is 0. The molecule has 4 heteroatoms. The van der Waals surface area contributed by atoms with Crippen molar-refractivity contribution in [3.8, 4) is 5.75 Å². The molecule has 0 unspecified atom stereocenters. The Hall–Kier alpha value is -0.580. The lowest BCUT2D eigenvalue weighted by Gasteiger charge is -2.16. The molecule has 0 amide bonds. The van der Waals surface area contributed by atoms with Gasteiger partial charge in [0.2, 0.25) is 0 Å². The van der Waals surface area contributed by atoms with Crippen molar-refractivity contribution in [2.24, 2.45) is 0 Å². The average Bonchev–Trinajstić information content (AvgIpc) is 2.35. The summed E-state index contributed by atoms with van der Waals surface area (Å²) in [6.07, 6.45) is 0.577. The predicted molar refractivity (Wildman–Crippen MR) is 73.4 cm³/mol. The molecule has 17 heavy (non-hydrogen) atoms. The Bertz CT molecular complexity index is 316. The van der Waals surface area contributed by atoms with Crippen molar-refractivity contribution >= 4 is 15.9 Å². The Labute approximate surface area is 111 Å². The second-order valence-electron chi connectivity index (χ2n) is 4.14. The molecule has 0 spiro atoms. The smallest absolute Gasteiger partial charge is 0.119 e. The standard InChI is InChI=1S/C13H20BrNO2/c1-3-10(2)15-8-12(16)9-17-13-6-4-11(14)5-7-13/h4-7,10,12,15-16H,3,8-9H2,1-2H3/t10-,12+/m0/s1. The van der Waals surface area contributed by atoms with Crippen LogP contribution in [0.1, 0.15) is 20.3 Å². The van der Waals surface area contributed by atoms with E-state index in [-0.39, 0.29) is 0 Å². The monoisotopic (exact) mass is 301 g/mol. The number of halogens is 1. The van der Waals surface area contributed by atoms with E-state index in [0.29, 0.717) is 19.2 Å². The Balaban J connectivity index is 2.23. The van der Waals surface area contributed by atoms with Crippen LogP contribution in [0.3, 0.4) is 0 Å². The van der Waals surface area contributed by atoms with Crippen LogP contribution in [0.2, 0.25) is 0 Å². The fourth-order valence-corrected chi connectivity index (χ4v) is 1.53. The Morgan fingerprint density at radius 2 is 2.00 bits per heavy atom. The van der Waals surface area contributed by atoms with E-state index in [1.54, 1.807) is 0 Å². The minimum atomic E-state index is -0.479. The average molecular weight is 302 g/mol. The van der Waals surface area contributed by atoms with Crippen LogP contribution in [0.15, 0.2) is 28.7 Å². The number of aliphatic hydroxyl groups excluding tert-OH is 1. The van der Waals surface area contributed by atoms with Crippen LogP contribution in [0.25, 0.3) is 0 Å². The van der Waals surface area contributed by atoms with Crippen LogP contribution in [-0.4, -0.2) is 30.4 Å². The van der Waals surface area contributed by atoms with Gasteiger partial charge in [-0.25, -0.2) is 0 Å². The molecule has 0 fully saturated rings. The highest BCUT2D eigenvalue weighted by Gasteiger charge is 2.06. The van der Waals surface area contributed by atoms with Crippen molar-refractivity contribution in [1.29, 1.82) is 0 Å². The van der Waals surface area contributed by atoms with Crippen LogP contribution >= 0.6 is 15.9 Å². The number of benzene rings is 1. The van der Waals surface area contributed by atoms with Gasteiger partial charge in [0, 0.05) is 17.1 Å². The molecule has 0 aliphatic heterocycles. The molecule has 0 bridgehead atoms. The molecule has 2 atom stereocenters. The van der Waals surface area contributed by atoms with Crippen molar-refractivity contribution in [2.45, 2.75) is 32.4 Å². The maximum atomic E-state index is 9.71. The quantitative estimate of drug-likeness (QED) is 0.813. The van der Waals surface area contributed by atoms with E-state index >= 15 is 0 Å². The molecule has 1 aromatic rings. The van der Waals surface area contributed by atoms with Crippen LogP contribution in [0.4, 0.5) is 0 Å². The van der Waals surface area contributed by atoms with Gasteiger partial charge in [-0.1, -0.05) is 22.9 Å². The molecule has 1 rings (SSSR count). The van der Waals surface area contributed by atoms with E-state index in [1.165, 1.54) is 0 Å². The van der Waals surface area contributed by atoms with E-state index in [4.69, 9.17) is 4.74 Å². The molecular weight excluding hydrogens is 282 g/mol. The Morgan fingerprint density at radius 3 is 2.59 bits per heavy atom.